The van der Waals surface area contributed by atoms with Gasteiger partial charge in [0.15, 0.2) is 0 Å². The van der Waals surface area contributed by atoms with Crippen LogP contribution in [0.5, 0.6) is 0 Å². The van der Waals surface area contributed by atoms with Gasteiger partial charge in [-0.1, -0.05) is 18.2 Å². The highest BCUT2D eigenvalue weighted by atomic mass is 32.1. The maximum absolute atomic E-state index is 5.51. The lowest BCUT2D eigenvalue weighted by molar-refractivity contribution is -0.709. The summed E-state index contributed by atoms with van der Waals surface area (Å²) >= 11 is 5.51. The Bertz CT molecular complexity index is 685. The van der Waals surface area contributed by atoms with Gasteiger partial charge in [0.25, 0.3) is 0 Å². The second-order valence-corrected chi connectivity index (χ2v) is 6.57. The monoisotopic (exact) mass is 332 g/mol. The first-order valence-electron chi connectivity index (χ1n) is 8.39. The molecule has 1 aromatic heterocycles. The van der Waals surface area contributed by atoms with E-state index in [-0.39, 0.29) is 0 Å². The van der Waals surface area contributed by atoms with Crippen molar-refractivity contribution in [3.05, 3.63) is 40.9 Å². The average Bonchev–Trinajstić information content (AvgIpc) is 3.19. The van der Waals surface area contributed by atoms with Gasteiger partial charge in [0, 0.05) is 33.6 Å². The number of H-pyrrole nitrogens is 1. The molecule has 2 heterocycles. The number of benzene rings is 1. The largest absolute Gasteiger partial charge is 0.323 e. The minimum absolute atomic E-state index is 0.787. The standard InChI is InChI=1S/C17H25N5S/c1-15-21(14-8-11-19(2)20-12-6-7-13-20)17(23)18-22(15)16-9-4-3-5-10-16/h3-5,9-10H,6-8,11-14H2,1-2H3/p+1. The second kappa shape index (κ2) is 7.38. The Labute approximate surface area is 143 Å². The van der Waals surface area contributed by atoms with Crippen LogP contribution < -0.4 is 4.57 Å². The van der Waals surface area contributed by atoms with Gasteiger partial charge >= 0.3 is 4.77 Å². The average molecular weight is 332 g/mol. The number of hydrazine groups is 1. The highest BCUT2D eigenvalue weighted by molar-refractivity contribution is 7.71. The number of para-hydroxylation sites is 1. The lowest BCUT2D eigenvalue weighted by atomic mass is 10.3. The SMILES string of the molecule is Cc1n(-c2ccccc2)[nH]c(=S)[n+]1CCCN(C)N1CCCC1. The molecular formula is C17H26N5S+. The molecule has 124 valence electrons. The number of aromatic amines is 1. The van der Waals surface area contributed by atoms with E-state index in [1.54, 1.807) is 0 Å². The lowest BCUT2D eigenvalue weighted by Crippen LogP contribution is -2.42. The van der Waals surface area contributed by atoms with Gasteiger partial charge in [0.05, 0.1) is 6.54 Å². The van der Waals surface area contributed by atoms with Gasteiger partial charge in [-0.15, -0.1) is 9.78 Å². The van der Waals surface area contributed by atoms with E-state index >= 15 is 0 Å². The van der Waals surface area contributed by atoms with Crippen molar-refractivity contribution in [3.8, 4) is 5.69 Å². The molecule has 0 aliphatic carbocycles. The molecule has 0 bridgehead atoms. The Balaban J connectivity index is 1.64. The van der Waals surface area contributed by atoms with Crippen LogP contribution in [0, 0.1) is 11.7 Å². The fourth-order valence-electron chi connectivity index (χ4n) is 3.24. The number of aromatic nitrogens is 3. The molecule has 0 saturated carbocycles. The van der Waals surface area contributed by atoms with Crippen molar-refractivity contribution in [2.24, 2.45) is 0 Å². The summed E-state index contributed by atoms with van der Waals surface area (Å²) in [5, 5.41) is 8.11. The fraction of sp³-hybridized carbons (Fsp3) is 0.529. The Morgan fingerprint density at radius 3 is 2.61 bits per heavy atom. The molecule has 0 spiro atoms. The lowest BCUT2D eigenvalue weighted by Gasteiger charge is -2.27. The molecule has 0 unspecified atom stereocenters. The molecule has 3 rings (SSSR count). The Hall–Kier alpha value is -1.50. The first-order chi connectivity index (χ1) is 11.2. The third-order valence-corrected chi connectivity index (χ3v) is 4.92. The van der Waals surface area contributed by atoms with Crippen LogP contribution in [0.25, 0.3) is 5.69 Å². The van der Waals surface area contributed by atoms with Crippen molar-refractivity contribution in [1.29, 1.82) is 0 Å². The van der Waals surface area contributed by atoms with Crippen LogP contribution in [-0.4, -0.2) is 46.5 Å². The van der Waals surface area contributed by atoms with Crippen LogP contribution in [0.1, 0.15) is 25.1 Å². The summed E-state index contributed by atoms with van der Waals surface area (Å²) in [4.78, 5) is 0. The maximum atomic E-state index is 5.51. The van der Waals surface area contributed by atoms with Gasteiger partial charge < -0.3 is 0 Å². The van der Waals surface area contributed by atoms with Crippen molar-refractivity contribution >= 4 is 12.2 Å². The third kappa shape index (κ3) is 3.71. The molecule has 23 heavy (non-hydrogen) atoms. The molecule has 0 amide bonds. The van der Waals surface area contributed by atoms with E-state index in [9.17, 15) is 0 Å². The van der Waals surface area contributed by atoms with E-state index in [1.807, 2.05) is 18.2 Å². The predicted molar refractivity (Wildman–Crippen MR) is 93.9 cm³/mol. The summed E-state index contributed by atoms with van der Waals surface area (Å²) in [6.45, 7) is 6.53. The van der Waals surface area contributed by atoms with Crippen molar-refractivity contribution in [2.45, 2.75) is 32.7 Å². The third-order valence-electron chi connectivity index (χ3n) is 4.61. The summed E-state index contributed by atoms with van der Waals surface area (Å²) in [6.07, 6.45) is 3.74. The molecule has 1 aliphatic heterocycles. The van der Waals surface area contributed by atoms with E-state index < -0.39 is 0 Å². The summed E-state index contributed by atoms with van der Waals surface area (Å²) in [5.41, 5.74) is 1.11. The Kier molecular flexibility index (Phi) is 5.25. The van der Waals surface area contributed by atoms with Crippen molar-refractivity contribution < 1.29 is 4.57 Å². The molecule has 1 aromatic carbocycles. The quantitative estimate of drug-likeness (QED) is 0.651. The summed E-state index contributed by atoms with van der Waals surface area (Å²) in [7, 11) is 2.19. The van der Waals surface area contributed by atoms with Gasteiger partial charge in [-0.2, -0.15) is 0 Å². The number of rotatable bonds is 6. The fourth-order valence-corrected chi connectivity index (χ4v) is 3.55. The zero-order valence-electron chi connectivity index (χ0n) is 14.0. The molecular weight excluding hydrogens is 306 g/mol. The van der Waals surface area contributed by atoms with Crippen molar-refractivity contribution in [3.63, 3.8) is 0 Å². The van der Waals surface area contributed by atoms with Crippen LogP contribution >= 0.6 is 12.2 Å². The van der Waals surface area contributed by atoms with Crippen LogP contribution in [-0.2, 0) is 6.54 Å². The summed E-state index contributed by atoms with van der Waals surface area (Å²) < 4.78 is 5.04. The van der Waals surface area contributed by atoms with Gasteiger partial charge in [-0.25, -0.2) is 14.6 Å². The first-order valence-corrected chi connectivity index (χ1v) is 8.80. The summed E-state index contributed by atoms with van der Waals surface area (Å²) in [6, 6.07) is 10.3. The molecule has 2 aromatic rings. The van der Waals surface area contributed by atoms with Crippen LogP contribution in [0.3, 0.4) is 0 Å². The highest BCUT2D eigenvalue weighted by Crippen LogP contribution is 2.10. The van der Waals surface area contributed by atoms with E-state index in [0.29, 0.717) is 0 Å². The second-order valence-electron chi connectivity index (χ2n) is 6.18. The molecule has 1 aliphatic rings. The minimum atomic E-state index is 0.787. The smallest absolute Gasteiger partial charge is 0.245 e. The zero-order valence-corrected chi connectivity index (χ0v) is 14.9. The van der Waals surface area contributed by atoms with E-state index in [1.165, 1.54) is 25.9 Å². The van der Waals surface area contributed by atoms with Crippen molar-refractivity contribution in [1.82, 2.24) is 19.8 Å². The van der Waals surface area contributed by atoms with Crippen LogP contribution in [0.4, 0.5) is 0 Å². The Morgan fingerprint density at radius 1 is 1.22 bits per heavy atom. The molecule has 0 radical (unpaired) electrons. The van der Waals surface area contributed by atoms with Gasteiger partial charge in [-0.3, -0.25) is 0 Å². The van der Waals surface area contributed by atoms with Crippen LogP contribution in [0.2, 0.25) is 0 Å². The molecule has 1 N–H and O–H groups in total. The maximum Gasteiger partial charge on any atom is 0.323 e. The normalized spacial score (nSPS) is 15.6. The Morgan fingerprint density at radius 2 is 1.91 bits per heavy atom. The number of hydrogen-bond donors (Lipinski definition) is 1. The van der Waals surface area contributed by atoms with Gasteiger partial charge in [0.2, 0.25) is 5.82 Å². The number of nitrogens with zero attached hydrogens (tertiary/aromatic N) is 4. The van der Waals surface area contributed by atoms with Crippen LogP contribution in [0.15, 0.2) is 30.3 Å². The molecule has 1 fully saturated rings. The first kappa shape index (κ1) is 16.4. The topological polar surface area (TPSA) is 31.1 Å². The highest BCUT2D eigenvalue weighted by Gasteiger charge is 2.18. The molecule has 5 nitrogen and oxygen atoms in total. The van der Waals surface area contributed by atoms with E-state index in [4.69, 9.17) is 12.2 Å². The predicted octanol–water partition coefficient (Wildman–Crippen LogP) is 2.46. The van der Waals surface area contributed by atoms with E-state index in [0.717, 1.165) is 35.8 Å². The number of hydrogen-bond acceptors (Lipinski definition) is 3. The van der Waals surface area contributed by atoms with Gasteiger partial charge in [0.1, 0.15) is 5.69 Å². The van der Waals surface area contributed by atoms with Crippen molar-refractivity contribution in [2.75, 3.05) is 26.7 Å². The molecule has 6 heteroatoms. The summed E-state index contributed by atoms with van der Waals surface area (Å²) in [5.74, 6) is 1.14. The number of nitrogens with one attached hydrogen (secondary N) is 1. The molecule has 1 saturated heterocycles. The molecule has 0 atom stereocenters. The van der Waals surface area contributed by atoms with Gasteiger partial charge in [-0.05, 0) is 43.6 Å². The zero-order chi connectivity index (χ0) is 16.2. The van der Waals surface area contributed by atoms with E-state index in [2.05, 4.69) is 50.5 Å². The minimum Gasteiger partial charge on any atom is -0.245 e.